The normalized spacial score (nSPS) is 11.0. The van der Waals surface area contributed by atoms with Gasteiger partial charge in [-0.25, -0.2) is 4.98 Å². The summed E-state index contributed by atoms with van der Waals surface area (Å²) in [6.45, 7) is 5.34. The molecule has 24 heavy (non-hydrogen) atoms. The zero-order valence-electron chi connectivity index (χ0n) is 13.8. The average Bonchev–Trinajstić information content (AvgIpc) is 2.96. The van der Waals surface area contributed by atoms with Gasteiger partial charge in [-0.2, -0.15) is 0 Å². The lowest BCUT2D eigenvalue weighted by Crippen LogP contribution is -1.93. The summed E-state index contributed by atoms with van der Waals surface area (Å²) < 4.78 is 6.95. The summed E-state index contributed by atoms with van der Waals surface area (Å²) in [7, 11) is 0. The Bertz CT molecular complexity index is 832. The number of hydrogen-bond acceptors (Lipinski definition) is 4. The van der Waals surface area contributed by atoms with E-state index in [0.717, 1.165) is 38.4 Å². The minimum atomic E-state index is 0.585. The minimum absolute atomic E-state index is 0.585. The van der Waals surface area contributed by atoms with E-state index in [9.17, 15) is 0 Å². The maximum Gasteiger partial charge on any atom is 0.124 e. The molecule has 0 bridgehead atoms. The lowest BCUT2D eigenvalue weighted by molar-refractivity contribution is 0.108. The number of halogens is 1. The predicted molar refractivity (Wildman–Crippen MR) is 102 cm³/mol. The Kier molecular flexibility index (Phi) is 5.76. The number of aryl methyl sites for hydroxylation is 2. The van der Waals surface area contributed by atoms with E-state index in [1.165, 1.54) is 4.88 Å². The first-order chi connectivity index (χ1) is 11.7. The number of rotatable bonds is 6. The van der Waals surface area contributed by atoms with Gasteiger partial charge < -0.3 is 4.74 Å². The summed E-state index contributed by atoms with van der Waals surface area (Å²) in [6.07, 6.45) is 2.79. The van der Waals surface area contributed by atoms with Gasteiger partial charge in [0.2, 0.25) is 0 Å². The number of hydrogen-bond donors (Lipinski definition) is 0. The number of aromatic nitrogens is 2. The lowest BCUT2D eigenvalue weighted by atomic mass is 10.2. The molecule has 0 aliphatic carbocycles. The van der Waals surface area contributed by atoms with Gasteiger partial charge in [-0.1, -0.05) is 35.0 Å². The van der Waals surface area contributed by atoms with Crippen LogP contribution < -0.4 is 0 Å². The van der Waals surface area contributed by atoms with Crippen molar-refractivity contribution in [2.45, 2.75) is 33.5 Å². The van der Waals surface area contributed by atoms with Crippen LogP contribution in [0.2, 0.25) is 0 Å². The van der Waals surface area contributed by atoms with E-state index in [1.807, 2.05) is 31.3 Å². The summed E-state index contributed by atoms with van der Waals surface area (Å²) in [5, 5.41) is 1.03. The third kappa shape index (κ3) is 4.29. The number of ether oxygens (including phenoxy) is 1. The fourth-order valence-electron chi connectivity index (χ4n) is 2.38. The predicted octanol–water partition coefficient (Wildman–Crippen LogP) is 5.56. The Hall–Kier alpha value is -1.56. The van der Waals surface area contributed by atoms with Gasteiger partial charge in [0, 0.05) is 21.9 Å². The standard InChI is InChI=1S/C19H19BrN2OS/c1-3-17-10-15(7-8-21-17)19-22-13(2)18(24-19)12-23-11-14-5-4-6-16(20)9-14/h4-10H,3,11-12H2,1-2H3. The second kappa shape index (κ2) is 8.01. The smallest absolute Gasteiger partial charge is 0.124 e. The van der Waals surface area contributed by atoms with E-state index in [4.69, 9.17) is 9.72 Å². The molecule has 0 spiro atoms. The van der Waals surface area contributed by atoms with Crippen LogP contribution in [0, 0.1) is 6.92 Å². The van der Waals surface area contributed by atoms with E-state index in [-0.39, 0.29) is 0 Å². The van der Waals surface area contributed by atoms with Gasteiger partial charge in [-0.15, -0.1) is 11.3 Å². The third-order valence-electron chi connectivity index (χ3n) is 3.71. The second-order valence-corrected chi connectivity index (χ2v) is 7.54. The fraction of sp³-hybridized carbons (Fsp3) is 0.263. The highest BCUT2D eigenvalue weighted by atomic mass is 79.9. The van der Waals surface area contributed by atoms with Crippen molar-refractivity contribution in [3.63, 3.8) is 0 Å². The van der Waals surface area contributed by atoms with Gasteiger partial charge in [0.1, 0.15) is 5.01 Å². The largest absolute Gasteiger partial charge is 0.371 e. The van der Waals surface area contributed by atoms with Crippen molar-refractivity contribution in [2.75, 3.05) is 0 Å². The summed E-state index contributed by atoms with van der Waals surface area (Å²) in [6, 6.07) is 12.3. The zero-order valence-corrected chi connectivity index (χ0v) is 16.2. The Balaban J connectivity index is 1.67. The summed E-state index contributed by atoms with van der Waals surface area (Å²) in [4.78, 5) is 10.2. The van der Waals surface area contributed by atoms with Gasteiger partial charge in [-0.3, -0.25) is 4.98 Å². The molecule has 0 saturated heterocycles. The molecule has 0 N–H and O–H groups in total. The highest BCUT2D eigenvalue weighted by Gasteiger charge is 2.10. The molecule has 3 rings (SSSR count). The van der Waals surface area contributed by atoms with Crippen molar-refractivity contribution in [1.29, 1.82) is 0 Å². The van der Waals surface area contributed by atoms with Crippen LogP contribution in [0.25, 0.3) is 10.6 Å². The number of thiazole rings is 1. The topological polar surface area (TPSA) is 35.0 Å². The van der Waals surface area contributed by atoms with Crippen molar-refractivity contribution in [3.05, 3.63) is 68.9 Å². The van der Waals surface area contributed by atoms with Crippen LogP contribution in [0.15, 0.2) is 47.1 Å². The van der Waals surface area contributed by atoms with Gasteiger partial charge in [0.15, 0.2) is 0 Å². The third-order valence-corrected chi connectivity index (χ3v) is 5.38. The van der Waals surface area contributed by atoms with Crippen molar-refractivity contribution in [1.82, 2.24) is 9.97 Å². The molecule has 0 unspecified atom stereocenters. The Morgan fingerprint density at radius 2 is 2.04 bits per heavy atom. The summed E-state index contributed by atoms with van der Waals surface area (Å²) >= 11 is 5.18. The molecule has 2 heterocycles. The average molecular weight is 403 g/mol. The Morgan fingerprint density at radius 1 is 1.17 bits per heavy atom. The van der Waals surface area contributed by atoms with Gasteiger partial charge in [0.25, 0.3) is 0 Å². The molecule has 3 aromatic rings. The molecule has 0 fully saturated rings. The molecule has 2 aromatic heterocycles. The van der Waals surface area contributed by atoms with Crippen molar-refractivity contribution >= 4 is 27.3 Å². The van der Waals surface area contributed by atoms with Crippen molar-refractivity contribution in [2.24, 2.45) is 0 Å². The molecule has 0 saturated carbocycles. The Morgan fingerprint density at radius 3 is 2.83 bits per heavy atom. The minimum Gasteiger partial charge on any atom is -0.371 e. The molecule has 3 nitrogen and oxygen atoms in total. The van der Waals surface area contributed by atoms with Gasteiger partial charge in [0.05, 0.1) is 23.8 Å². The highest BCUT2D eigenvalue weighted by molar-refractivity contribution is 9.10. The first-order valence-electron chi connectivity index (χ1n) is 7.89. The van der Waals surface area contributed by atoms with Crippen molar-refractivity contribution in [3.8, 4) is 10.6 Å². The quantitative estimate of drug-likeness (QED) is 0.541. The fourth-order valence-corrected chi connectivity index (χ4v) is 3.82. The first-order valence-corrected chi connectivity index (χ1v) is 9.50. The number of benzene rings is 1. The van der Waals surface area contributed by atoms with E-state index in [2.05, 4.69) is 46.0 Å². The van der Waals surface area contributed by atoms with Crippen LogP contribution in [0.3, 0.4) is 0 Å². The second-order valence-electron chi connectivity index (χ2n) is 5.54. The highest BCUT2D eigenvalue weighted by Crippen LogP contribution is 2.29. The molecule has 0 atom stereocenters. The molecule has 124 valence electrons. The van der Waals surface area contributed by atoms with E-state index in [1.54, 1.807) is 11.3 Å². The van der Waals surface area contributed by atoms with E-state index >= 15 is 0 Å². The molecule has 0 aliphatic heterocycles. The molecular weight excluding hydrogens is 384 g/mol. The monoisotopic (exact) mass is 402 g/mol. The van der Waals surface area contributed by atoms with Crippen LogP contribution in [0.5, 0.6) is 0 Å². The van der Waals surface area contributed by atoms with Crippen LogP contribution in [0.1, 0.15) is 28.8 Å². The van der Waals surface area contributed by atoms with Crippen LogP contribution in [-0.4, -0.2) is 9.97 Å². The molecular formula is C19H19BrN2OS. The maximum atomic E-state index is 5.87. The van der Waals surface area contributed by atoms with Gasteiger partial charge in [-0.05, 0) is 43.2 Å². The Labute approximate surface area is 154 Å². The maximum absolute atomic E-state index is 5.87. The van der Waals surface area contributed by atoms with Crippen LogP contribution >= 0.6 is 27.3 Å². The SMILES string of the molecule is CCc1cc(-c2nc(C)c(COCc3cccc(Br)c3)s2)ccn1. The number of pyridine rings is 1. The lowest BCUT2D eigenvalue weighted by Gasteiger charge is -2.04. The number of nitrogens with zero attached hydrogens (tertiary/aromatic N) is 2. The van der Waals surface area contributed by atoms with E-state index < -0.39 is 0 Å². The van der Waals surface area contributed by atoms with Crippen LogP contribution in [-0.2, 0) is 24.4 Å². The van der Waals surface area contributed by atoms with Crippen LogP contribution in [0.4, 0.5) is 0 Å². The molecule has 0 radical (unpaired) electrons. The molecule has 1 aromatic carbocycles. The summed E-state index contributed by atoms with van der Waals surface area (Å²) in [5.74, 6) is 0. The molecule has 0 aliphatic rings. The zero-order chi connectivity index (χ0) is 16.9. The summed E-state index contributed by atoms with van der Waals surface area (Å²) in [5.41, 5.74) is 4.42. The molecule has 0 amide bonds. The molecule has 5 heteroatoms. The first kappa shape index (κ1) is 17.3. The van der Waals surface area contributed by atoms with E-state index in [0.29, 0.717) is 13.2 Å². The van der Waals surface area contributed by atoms with Crippen molar-refractivity contribution < 1.29 is 4.74 Å². The van der Waals surface area contributed by atoms with Gasteiger partial charge >= 0.3 is 0 Å².